The van der Waals surface area contributed by atoms with Gasteiger partial charge in [-0.25, -0.2) is 0 Å². The van der Waals surface area contributed by atoms with Crippen LogP contribution in [0.2, 0.25) is 10.3 Å². The van der Waals surface area contributed by atoms with Gasteiger partial charge in [-0.3, -0.25) is 0 Å². The van der Waals surface area contributed by atoms with Gasteiger partial charge in [-0.2, -0.15) is 0 Å². The van der Waals surface area contributed by atoms with Crippen molar-refractivity contribution in [2.45, 2.75) is 76.7 Å². The highest BCUT2D eigenvalue weighted by Gasteiger charge is 2.39. The molecule has 10 heteroatoms. The molecule has 30 heavy (non-hydrogen) atoms. The monoisotopic (exact) mass is 454 g/mol. The van der Waals surface area contributed by atoms with Crippen molar-refractivity contribution in [3.05, 3.63) is 33.6 Å². The molecule has 0 radical (unpaired) electrons. The molecule has 2 heterocycles. The fourth-order valence-electron chi connectivity index (χ4n) is 3.75. The van der Waals surface area contributed by atoms with Gasteiger partial charge in [-0.05, 0) is 76.6 Å². The van der Waals surface area contributed by atoms with Gasteiger partial charge >= 0.3 is 0 Å². The van der Waals surface area contributed by atoms with Crippen LogP contribution in [0.4, 0.5) is 11.6 Å². The minimum absolute atomic E-state index is 0.286. The van der Waals surface area contributed by atoms with Gasteiger partial charge in [0.2, 0.25) is 0 Å². The average Bonchev–Trinajstić information content (AvgIpc) is 2.58. The van der Waals surface area contributed by atoms with Gasteiger partial charge < -0.3 is 20.8 Å². The molecule has 0 aliphatic heterocycles. The molecule has 0 bridgehead atoms. The summed E-state index contributed by atoms with van der Waals surface area (Å²) in [6, 6.07) is 4.21. The van der Waals surface area contributed by atoms with Crippen LogP contribution < -0.4 is 10.6 Å². The topological polar surface area (TPSA) is 116 Å². The molecule has 2 aromatic rings. The Labute approximate surface area is 186 Å². The molecule has 2 aliphatic carbocycles. The molecule has 4 rings (SSSR count). The Kier molecular flexibility index (Phi) is 6.72. The lowest BCUT2D eigenvalue weighted by Gasteiger charge is -2.41. The fraction of sp³-hybridized carbons (Fsp3) is 0.600. The number of nitrogens with one attached hydrogen (secondary N) is 2. The molecule has 0 saturated heterocycles. The second kappa shape index (κ2) is 8.78. The molecule has 164 valence electrons. The van der Waals surface area contributed by atoms with Crippen molar-refractivity contribution in [1.82, 2.24) is 20.4 Å². The Hall–Kier alpha value is -1.74. The normalized spacial score (nSPS) is 29.7. The Morgan fingerprint density at radius 2 is 1.40 bits per heavy atom. The molecule has 0 amide bonds. The predicted molar refractivity (Wildman–Crippen MR) is 118 cm³/mol. The molecule has 0 unspecified atom stereocenters. The lowest BCUT2D eigenvalue weighted by atomic mass is 9.77. The Morgan fingerprint density at radius 3 is 1.90 bits per heavy atom. The van der Waals surface area contributed by atoms with Crippen LogP contribution in [0, 0.1) is 13.8 Å². The van der Waals surface area contributed by atoms with Crippen LogP contribution in [0.3, 0.4) is 0 Å². The van der Waals surface area contributed by atoms with Crippen LogP contribution >= 0.6 is 23.2 Å². The molecule has 8 nitrogen and oxygen atoms in total. The van der Waals surface area contributed by atoms with Crippen molar-refractivity contribution in [2.75, 3.05) is 10.6 Å². The summed E-state index contributed by atoms with van der Waals surface area (Å²) in [5.74, 6) is 1.47. The average molecular weight is 455 g/mol. The van der Waals surface area contributed by atoms with Crippen LogP contribution in [0.5, 0.6) is 0 Å². The number of hydrogen-bond donors (Lipinski definition) is 4. The lowest BCUT2D eigenvalue weighted by molar-refractivity contribution is -0.0241. The Balaban J connectivity index is 0.000000171. The standard InChI is InChI=1S/2C10H14ClN3O/c1-6-3-8(13-14-9(6)11)12-7-4-10(2,15)5-7;1-6-3-8(11)13-14-9(6)12-7-4-10(2,15)5-7/h3,7,15H,4-5H2,1-2H3,(H,12,13);3,7,15H,4-5H2,1-2H3,(H,12,14). The summed E-state index contributed by atoms with van der Waals surface area (Å²) < 4.78 is 0. The third kappa shape index (κ3) is 6.14. The van der Waals surface area contributed by atoms with Crippen LogP contribution in [0.1, 0.15) is 50.7 Å². The number of aromatic nitrogens is 4. The number of halogens is 2. The molecule has 2 saturated carbocycles. The maximum absolute atomic E-state index is 9.58. The van der Waals surface area contributed by atoms with Crippen LogP contribution in [0.15, 0.2) is 12.1 Å². The summed E-state index contributed by atoms with van der Waals surface area (Å²) in [7, 11) is 0. The van der Waals surface area contributed by atoms with E-state index < -0.39 is 11.2 Å². The molecule has 2 aliphatic rings. The highest BCUT2D eigenvalue weighted by Crippen LogP contribution is 2.34. The Bertz CT molecular complexity index is 893. The number of anilines is 2. The minimum Gasteiger partial charge on any atom is -0.390 e. The van der Waals surface area contributed by atoms with Gasteiger partial charge in [0, 0.05) is 12.1 Å². The van der Waals surface area contributed by atoms with Gasteiger partial charge in [-0.15, -0.1) is 20.4 Å². The number of hydrogen-bond acceptors (Lipinski definition) is 8. The third-order valence-electron chi connectivity index (χ3n) is 5.32. The van der Waals surface area contributed by atoms with Crippen LogP contribution in [0.25, 0.3) is 0 Å². The van der Waals surface area contributed by atoms with Gasteiger partial charge in [0.25, 0.3) is 0 Å². The predicted octanol–water partition coefficient (Wildman–Crippen LogP) is 3.53. The highest BCUT2D eigenvalue weighted by atomic mass is 35.5. The van der Waals surface area contributed by atoms with E-state index in [-0.39, 0.29) is 12.1 Å². The zero-order valence-corrected chi connectivity index (χ0v) is 19.1. The van der Waals surface area contributed by atoms with Gasteiger partial charge in [-0.1, -0.05) is 23.2 Å². The van der Waals surface area contributed by atoms with E-state index in [2.05, 4.69) is 31.0 Å². The number of aryl methyl sites for hydroxylation is 2. The van der Waals surface area contributed by atoms with E-state index in [1.807, 2.05) is 33.8 Å². The number of rotatable bonds is 4. The van der Waals surface area contributed by atoms with Crippen molar-refractivity contribution < 1.29 is 10.2 Å². The lowest BCUT2D eigenvalue weighted by Crippen LogP contribution is -2.48. The van der Waals surface area contributed by atoms with E-state index in [1.165, 1.54) is 0 Å². The van der Waals surface area contributed by atoms with E-state index in [0.29, 0.717) is 10.3 Å². The number of aliphatic hydroxyl groups is 2. The number of nitrogens with zero attached hydrogens (tertiary/aromatic N) is 4. The first kappa shape index (κ1) is 22.9. The highest BCUT2D eigenvalue weighted by molar-refractivity contribution is 6.30. The molecule has 0 aromatic carbocycles. The summed E-state index contributed by atoms with van der Waals surface area (Å²) >= 11 is 11.5. The maximum Gasteiger partial charge on any atom is 0.154 e. The van der Waals surface area contributed by atoms with Gasteiger partial charge in [0.15, 0.2) is 16.1 Å². The molecule has 0 spiro atoms. The summed E-state index contributed by atoms with van der Waals surface area (Å²) in [6.45, 7) is 7.49. The van der Waals surface area contributed by atoms with E-state index in [1.54, 1.807) is 6.07 Å². The molecule has 2 fully saturated rings. The van der Waals surface area contributed by atoms with Crippen molar-refractivity contribution in [1.29, 1.82) is 0 Å². The zero-order valence-electron chi connectivity index (χ0n) is 17.6. The van der Waals surface area contributed by atoms with Crippen molar-refractivity contribution in [2.24, 2.45) is 0 Å². The van der Waals surface area contributed by atoms with Crippen LogP contribution in [-0.4, -0.2) is 53.9 Å². The van der Waals surface area contributed by atoms with Gasteiger partial charge in [0.05, 0.1) is 11.2 Å². The summed E-state index contributed by atoms with van der Waals surface area (Å²) in [5, 5.41) is 41.9. The third-order valence-corrected chi connectivity index (χ3v) is 5.87. The first-order chi connectivity index (χ1) is 13.9. The fourth-order valence-corrected chi connectivity index (χ4v) is 4.04. The SMILES string of the molecule is Cc1cc(Cl)nnc1NC1CC(C)(O)C1.Cc1cc(NC2CC(C)(O)C2)nnc1Cl. The molecule has 2 aromatic heterocycles. The summed E-state index contributed by atoms with van der Waals surface area (Å²) in [4.78, 5) is 0. The van der Waals surface area contributed by atoms with Crippen LogP contribution in [-0.2, 0) is 0 Å². The van der Waals surface area contributed by atoms with Gasteiger partial charge in [0.1, 0.15) is 5.82 Å². The molecule has 0 atom stereocenters. The minimum atomic E-state index is -0.522. The second-order valence-corrected chi connectivity index (χ2v) is 9.64. The van der Waals surface area contributed by atoms with Crippen molar-refractivity contribution in [3.63, 3.8) is 0 Å². The second-order valence-electron chi connectivity index (χ2n) is 8.89. The van der Waals surface area contributed by atoms with Crippen molar-refractivity contribution >= 4 is 34.8 Å². The smallest absolute Gasteiger partial charge is 0.154 e. The first-order valence-corrected chi connectivity index (χ1v) is 10.7. The summed E-state index contributed by atoms with van der Waals surface area (Å²) in [6.07, 6.45) is 2.99. The van der Waals surface area contributed by atoms with E-state index >= 15 is 0 Å². The largest absolute Gasteiger partial charge is 0.390 e. The van der Waals surface area contributed by atoms with E-state index in [9.17, 15) is 10.2 Å². The zero-order chi connectivity index (χ0) is 22.1. The quantitative estimate of drug-likeness (QED) is 0.554. The molecular formula is C20H28Cl2N6O2. The Morgan fingerprint density at radius 1 is 0.833 bits per heavy atom. The molecular weight excluding hydrogens is 427 g/mol. The molecule has 4 N–H and O–H groups in total. The summed E-state index contributed by atoms with van der Waals surface area (Å²) in [5.41, 5.74) is 0.833. The van der Waals surface area contributed by atoms with E-state index in [0.717, 1.165) is 48.4 Å². The first-order valence-electron chi connectivity index (χ1n) is 9.90. The van der Waals surface area contributed by atoms with Crippen molar-refractivity contribution in [3.8, 4) is 0 Å². The maximum atomic E-state index is 9.58. The van der Waals surface area contributed by atoms with E-state index in [4.69, 9.17) is 23.2 Å².